The Morgan fingerprint density at radius 3 is 2.95 bits per heavy atom. The Kier molecular flexibility index (Phi) is 4.27. The fraction of sp³-hybridized carbons (Fsp3) is 0.385. The van der Waals surface area contributed by atoms with E-state index in [-0.39, 0.29) is 11.7 Å². The molecule has 0 aliphatic rings. The van der Waals surface area contributed by atoms with Crippen LogP contribution in [-0.4, -0.2) is 45.5 Å². The smallest absolute Gasteiger partial charge is 0.316 e. The minimum Gasteiger partial charge on any atom is -0.468 e. The van der Waals surface area contributed by atoms with Gasteiger partial charge < -0.3 is 9.47 Å². The predicted molar refractivity (Wildman–Crippen MR) is 84.4 cm³/mol. The van der Waals surface area contributed by atoms with Gasteiger partial charge in [0.2, 0.25) is 0 Å². The van der Waals surface area contributed by atoms with Crippen LogP contribution in [0, 0.1) is 6.92 Å². The Bertz CT molecular complexity index is 843. The molecule has 116 valence electrons. The number of esters is 1. The molecule has 0 saturated carbocycles. The SMILES string of the molecule is COCc1sc2ncn3c(SCC(=O)OC)nnc3c2c1C. The first-order valence-corrected chi connectivity index (χ1v) is 8.26. The number of hydrogen-bond acceptors (Lipinski definition) is 8. The van der Waals surface area contributed by atoms with Crippen LogP contribution < -0.4 is 0 Å². The third-order valence-electron chi connectivity index (χ3n) is 3.23. The molecule has 0 atom stereocenters. The van der Waals surface area contributed by atoms with E-state index in [4.69, 9.17) is 4.74 Å². The number of fused-ring (bicyclic) bond motifs is 3. The van der Waals surface area contributed by atoms with Crippen molar-refractivity contribution in [2.24, 2.45) is 0 Å². The Morgan fingerprint density at radius 2 is 2.23 bits per heavy atom. The summed E-state index contributed by atoms with van der Waals surface area (Å²) < 4.78 is 11.7. The van der Waals surface area contributed by atoms with E-state index in [1.165, 1.54) is 18.9 Å². The topological polar surface area (TPSA) is 78.6 Å². The van der Waals surface area contributed by atoms with Crippen LogP contribution in [0.4, 0.5) is 0 Å². The molecule has 7 nitrogen and oxygen atoms in total. The molecular formula is C13H14N4O3S2. The largest absolute Gasteiger partial charge is 0.468 e. The standard InChI is InChI=1S/C13H14N4O3S2/c1-7-8(4-19-2)22-12-10(7)11-15-16-13(17(11)6-14-12)21-5-9(18)20-3/h6H,4-5H2,1-3H3. The highest BCUT2D eigenvalue weighted by Gasteiger charge is 2.17. The van der Waals surface area contributed by atoms with E-state index in [1.807, 2.05) is 6.92 Å². The van der Waals surface area contributed by atoms with Crippen LogP contribution in [0.5, 0.6) is 0 Å². The number of thiophene rings is 1. The first kappa shape index (κ1) is 15.2. The Labute approximate surface area is 134 Å². The maximum atomic E-state index is 11.3. The molecule has 3 aromatic heterocycles. The number of nitrogens with zero attached hydrogens (tertiary/aromatic N) is 4. The Hall–Kier alpha value is -1.71. The first-order valence-electron chi connectivity index (χ1n) is 6.46. The number of aryl methyl sites for hydroxylation is 1. The number of carbonyl (C=O) groups excluding carboxylic acids is 1. The zero-order valence-corrected chi connectivity index (χ0v) is 14.0. The molecule has 3 rings (SSSR count). The van der Waals surface area contributed by atoms with Crippen LogP contribution in [0.1, 0.15) is 10.4 Å². The van der Waals surface area contributed by atoms with Gasteiger partial charge in [0.05, 0.1) is 24.9 Å². The molecular weight excluding hydrogens is 324 g/mol. The molecule has 9 heteroatoms. The van der Waals surface area contributed by atoms with Gasteiger partial charge in [0, 0.05) is 12.0 Å². The Morgan fingerprint density at radius 1 is 1.41 bits per heavy atom. The van der Waals surface area contributed by atoms with Crippen molar-refractivity contribution < 1.29 is 14.3 Å². The highest BCUT2D eigenvalue weighted by Crippen LogP contribution is 2.33. The van der Waals surface area contributed by atoms with Crippen LogP contribution in [0.15, 0.2) is 11.5 Å². The van der Waals surface area contributed by atoms with Gasteiger partial charge in [-0.25, -0.2) is 4.98 Å². The van der Waals surface area contributed by atoms with E-state index in [9.17, 15) is 4.79 Å². The highest BCUT2D eigenvalue weighted by atomic mass is 32.2. The van der Waals surface area contributed by atoms with Crippen molar-refractivity contribution in [3.05, 3.63) is 16.8 Å². The highest BCUT2D eigenvalue weighted by molar-refractivity contribution is 7.99. The molecule has 0 aliphatic heterocycles. The molecule has 0 amide bonds. The second-order valence-electron chi connectivity index (χ2n) is 4.55. The summed E-state index contributed by atoms with van der Waals surface area (Å²) in [5.41, 5.74) is 1.85. The zero-order valence-electron chi connectivity index (χ0n) is 12.3. The van der Waals surface area contributed by atoms with Gasteiger partial charge in [-0.1, -0.05) is 11.8 Å². The van der Waals surface area contributed by atoms with Crippen molar-refractivity contribution in [1.29, 1.82) is 0 Å². The zero-order chi connectivity index (χ0) is 15.7. The molecule has 0 N–H and O–H groups in total. The number of ether oxygens (including phenoxy) is 2. The fourth-order valence-electron chi connectivity index (χ4n) is 2.11. The lowest BCUT2D eigenvalue weighted by Crippen LogP contribution is -2.03. The third kappa shape index (κ3) is 2.55. The van der Waals surface area contributed by atoms with Crippen molar-refractivity contribution in [3.63, 3.8) is 0 Å². The molecule has 3 heterocycles. The number of carbonyl (C=O) groups is 1. The summed E-state index contributed by atoms with van der Waals surface area (Å²) in [6, 6.07) is 0. The van der Waals surface area contributed by atoms with Gasteiger partial charge in [0.1, 0.15) is 11.2 Å². The molecule has 0 aromatic carbocycles. The Balaban J connectivity index is 2.05. The number of aromatic nitrogens is 4. The quantitative estimate of drug-likeness (QED) is 0.520. The molecule has 0 radical (unpaired) electrons. The number of hydrogen-bond donors (Lipinski definition) is 0. The molecule has 0 aliphatic carbocycles. The van der Waals surface area contributed by atoms with Gasteiger partial charge in [0.25, 0.3) is 0 Å². The molecule has 0 unspecified atom stereocenters. The minimum atomic E-state index is -0.301. The van der Waals surface area contributed by atoms with Gasteiger partial charge in [-0.15, -0.1) is 21.5 Å². The third-order valence-corrected chi connectivity index (χ3v) is 5.32. The molecule has 3 aromatic rings. The predicted octanol–water partition coefficient (Wildman–Crippen LogP) is 2.06. The summed E-state index contributed by atoms with van der Waals surface area (Å²) >= 11 is 2.87. The number of methoxy groups -OCH3 is 2. The summed E-state index contributed by atoms with van der Waals surface area (Å²) in [4.78, 5) is 17.8. The van der Waals surface area contributed by atoms with E-state index in [0.717, 1.165) is 26.3 Å². The van der Waals surface area contributed by atoms with Crippen LogP contribution in [0.2, 0.25) is 0 Å². The molecule has 22 heavy (non-hydrogen) atoms. The summed E-state index contributed by atoms with van der Waals surface area (Å²) in [5, 5.41) is 10.0. The maximum absolute atomic E-state index is 11.3. The average molecular weight is 338 g/mol. The average Bonchev–Trinajstić information content (AvgIpc) is 3.07. The summed E-state index contributed by atoms with van der Waals surface area (Å²) in [7, 11) is 3.04. The first-order chi connectivity index (χ1) is 10.7. The van der Waals surface area contributed by atoms with Crippen LogP contribution >= 0.6 is 23.1 Å². The van der Waals surface area contributed by atoms with Gasteiger partial charge in [0.15, 0.2) is 10.8 Å². The van der Waals surface area contributed by atoms with Crippen molar-refractivity contribution in [2.75, 3.05) is 20.0 Å². The molecule has 0 saturated heterocycles. The van der Waals surface area contributed by atoms with Crippen molar-refractivity contribution in [2.45, 2.75) is 18.7 Å². The van der Waals surface area contributed by atoms with E-state index in [0.29, 0.717) is 11.8 Å². The van der Waals surface area contributed by atoms with E-state index in [1.54, 1.807) is 29.2 Å². The van der Waals surface area contributed by atoms with E-state index in [2.05, 4.69) is 19.9 Å². The second kappa shape index (κ2) is 6.19. The molecule has 0 bridgehead atoms. The van der Waals surface area contributed by atoms with Crippen molar-refractivity contribution in [1.82, 2.24) is 19.6 Å². The summed E-state index contributed by atoms with van der Waals surface area (Å²) in [6.07, 6.45) is 1.68. The maximum Gasteiger partial charge on any atom is 0.316 e. The van der Waals surface area contributed by atoms with E-state index >= 15 is 0 Å². The van der Waals surface area contributed by atoms with Gasteiger partial charge in [-0.05, 0) is 12.5 Å². The normalized spacial score (nSPS) is 11.4. The van der Waals surface area contributed by atoms with Crippen LogP contribution in [-0.2, 0) is 20.9 Å². The summed E-state index contributed by atoms with van der Waals surface area (Å²) in [5.74, 6) is -0.114. The van der Waals surface area contributed by atoms with Gasteiger partial charge in [-0.2, -0.15) is 0 Å². The van der Waals surface area contributed by atoms with E-state index < -0.39 is 0 Å². The number of rotatable bonds is 5. The lowest BCUT2D eigenvalue weighted by Gasteiger charge is -2.00. The number of thioether (sulfide) groups is 1. The van der Waals surface area contributed by atoms with Crippen LogP contribution in [0.3, 0.4) is 0 Å². The fourth-order valence-corrected chi connectivity index (χ4v) is 3.96. The van der Waals surface area contributed by atoms with Gasteiger partial charge in [-0.3, -0.25) is 9.20 Å². The van der Waals surface area contributed by atoms with Crippen molar-refractivity contribution >= 4 is 44.9 Å². The lowest BCUT2D eigenvalue weighted by atomic mass is 10.2. The van der Waals surface area contributed by atoms with Gasteiger partial charge >= 0.3 is 5.97 Å². The second-order valence-corrected chi connectivity index (χ2v) is 6.58. The monoisotopic (exact) mass is 338 g/mol. The molecule has 0 spiro atoms. The summed E-state index contributed by atoms with van der Waals surface area (Å²) in [6.45, 7) is 2.59. The minimum absolute atomic E-state index is 0.187. The van der Waals surface area contributed by atoms with Crippen molar-refractivity contribution in [3.8, 4) is 0 Å². The van der Waals surface area contributed by atoms with Crippen LogP contribution in [0.25, 0.3) is 15.9 Å². The molecule has 0 fully saturated rings. The lowest BCUT2D eigenvalue weighted by molar-refractivity contribution is -0.137.